The summed E-state index contributed by atoms with van der Waals surface area (Å²) < 4.78 is 5.26. The Morgan fingerprint density at radius 2 is 2.14 bits per heavy atom. The second-order valence-corrected chi connectivity index (χ2v) is 3.61. The van der Waals surface area contributed by atoms with E-state index < -0.39 is 5.92 Å². The van der Waals surface area contributed by atoms with Crippen LogP contribution in [0.25, 0.3) is 0 Å². The highest BCUT2D eigenvalue weighted by molar-refractivity contribution is 5.80. The van der Waals surface area contributed by atoms with Crippen molar-refractivity contribution in [1.29, 1.82) is 5.26 Å². The lowest BCUT2D eigenvalue weighted by Gasteiger charge is -2.08. The van der Waals surface area contributed by atoms with Crippen molar-refractivity contribution in [3.05, 3.63) is 0 Å². The van der Waals surface area contributed by atoms with Crippen LogP contribution in [0.3, 0.4) is 0 Å². The summed E-state index contributed by atoms with van der Waals surface area (Å²) in [5.74, 6) is -0.315. The maximum absolute atomic E-state index is 11.1. The predicted octanol–water partition coefficient (Wildman–Crippen LogP) is 0.935. The van der Waals surface area contributed by atoms with Crippen LogP contribution in [0.15, 0.2) is 0 Å². The summed E-state index contributed by atoms with van der Waals surface area (Å²) in [4.78, 5) is 11.1. The van der Waals surface area contributed by atoms with Gasteiger partial charge in [-0.3, -0.25) is 4.79 Å². The zero-order chi connectivity index (χ0) is 11.0. The van der Waals surface area contributed by atoms with Crippen LogP contribution in [0.1, 0.15) is 20.8 Å². The third-order valence-corrected chi connectivity index (χ3v) is 1.58. The first-order valence-corrected chi connectivity index (χ1v) is 4.83. The molecule has 0 aromatic rings. The third-order valence-electron chi connectivity index (χ3n) is 1.58. The molecule has 14 heavy (non-hydrogen) atoms. The molecule has 0 aliphatic rings. The molecule has 0 heterocycles. The van der Waals surface area contributed by atoms with Crippen molar-refractivity contribution in [2.45, 2.75) is 20.8 Å². The standard InChI is InChI=1S/C10H18N2O2/c1-8(2)7-14-5-4-12-10(13)9(3)6-11/h8-9H,4-5,7H2,1-3H3,(H,12,13). The van der Waals surface area contributed by atoms with E-state index in [1.54, 1.807) is 6.92 Å². The van der Waals surface area contributed by atoms with Gasteiger partial charge in [0.2, 0.25) is 5.91 Å². The molecule has 0 aromatic heterocycles. The minimum atomic E-state index is -0.583. The molecular formula is C10H18N2O2. The summed E-state index contributed by atoms with van der Waals surface area (Å²) in [6, 6.07) is 1.87. The zero-order valence-electron chi connectivity index (χ0n) is 9.04. The number of nitrogens with one attached hydrogen (secondary N) is 1. The fourth-order valence-electron chi connectivity index (χ4n) is 0.777. The third kappa shape index (κ3) is 6.44. The van der Waals surface area contributed by atoms with E-state index in [0.717, 1.165) is 0 Å². The summed E-state index contributed by atoms with van der Waals surface area (Å²) in [5.41, 5.74) is 0. The van der Waals surface area contributed by atoms with Crippen LogP contribution in [0, 0.1) is 23.2 Å². The van der Waals surface area contributed by atoms with Crippen LogP contribution in [0.2, 0.25) is 0 Å². The summed E-state index contributed by atoms with van der Waals surface area (Å²) in [6.45, 7) is 7.38. The molecule has 0 fully saturated rings. The largest absolute Gasteiger partial charge is 0.379 e. The van der Waals surface area contributed by atoms with Gasteiger partial charge in [-0.25, -0.2) is 0 Å². The van der Waals surface area contributed by atoms with Gasteiger partial charge in [-0.1, -0.05) is 13.8 Å². The minimum Gasteiger partial charge on any atom is -0.379 e. The predicted molar refractivity (Wildman–Crippen MR) is 53.4 cm³/mol. The number of carbonyl (C=O) groups is 1. The first-order valence-electron chi connectivity index (χ1n) is 4.83. The lowest BCUT2D eigenvalue weighted by molar-refractivity contribution is -0.123. The fraction of sp³-hybridized carbons (Fsp3) is 0.800. The summed E-state index contributed by atoms with van der Waals surface area (Å²) in [6.07, 6.45) is 0. The van der Waals surface area contributed by atoms with Crippen molar-refractivity contribution in [1.82, 2.24) is 5.32 Å². The molecular weight excluding hydrogens is 180 g/mol. The van der Waals surface area contributed by atoms with E-state index in [1.165, 1.54) is 0 Å². The molecule has 0 radical (unpaired) electrons. The second kappa shape index (κ2) is 7.34. The summed E-state index contributed by atoms with van der Waals surface area (Å²) >= 11 is 0. The Bertz CT molecular complexity index is 209. The molecule has 1 N–H and O–H groups in total. The van der Waals surface area contributed by atoms with E-state index in [1.807, 2.05) is 6.07 Å². The Morgan fingerprint density at radius 3 is 2.64 bits per heavy atom. The van der Waals surface area contributed by atoms with Crippen LogP contribution < -0.4 is 5.32 Å². The summed E-state index contributed by atoms with van der Waals surface area (Å²) in [7, 11) is 0. The highest BCUT2D eigenvalue weighted by atomic mass is 16.5. The Hall–Kier alpha value is -1.08. The molecule has 0 spiro atoms. The molecule has 0 saturated carbocycles. The van der Waals surface area contributed by atoms with Crippen molar-refractivity contribution in [3.8, 4) is 6.07 Å². The van der Waals surface area contributed by atoms with E-state index in [9.17, 15) is 4.79 Å². The quantitative estimate of drug-likeness (QED) is 0.646. The van der Waals surface area contributed by atoms with Gasteiger partial charge >= 0.3 is 0 Å². The van der Waals surface area contributed by atoms with E-state index >= 15 is 0 Å². The Morgan fingerprint density at radius 1 is 1.50 bits per heavy atom. The maximum atomic E-state index is 11.1. The van der Waals surface area contributed by atoms with Gasteiger partial charge in [0.05, 0.1) is 12.7 Å². The van der Waals surface area contributed by atoms with Gasteiger partial charge in [-0.2, -0.15) is 5.26 Å². The average molecular weight is 198 g/mol. The van der Waals surface area contributed by atoms with Gasteiger partial charge in [0.1, 0.15) is 5.92 Å². The van der Waals surface area contributed by atoms with Crippen molar-refractivity contribution in [3.63, 3.8) is 0 Å². The monoisotopic (exact) mass is 198 g/mol. The molecule has 0 aromatic carbocycles. The lowest BCUT2D eigenvalue weighted by atomic mass is 10.2. The fourth-order valence-corrected chi connectivity index (χ4v) is 0.777. The van der Waals surface area contributed by atoms with Crippen LogP contribution in [-0.4, -0.2) is 25.7 Å². The van der Waals surface area contributed by atoms with Crippen molar-refractivity contribution >= 4 is 5.91 Å². The summed E-state index contributed by atoms with van der Waals surface area (Å²) in [5, 5.41) is 11.1. The number of carbonyl (C=O) groups excluding carboxylic acids is 1. The average Bonchev–Trinajstić information content (AvgIpc) is 2.15. The van der Waals surface area contributed by atoms with Crippen LogP contribution >= 0.6 is 0 Å². The number of amides is 1. The van der Waals surface area contributed by atoms with Crippen molar-refractivity contribution < 1.29 is 9.53 Å². The number of hydrogen-bond acceptors (Lipinski definition) is 3. The van der Waals surface area contributed by atoms with Gasteiger partial charge in [-0.05, 0) is 12.8 Å². The molecule has 1 unspecified atom stereocenters. The van der Waals surface area contributed by atoms with Gasteiger partial charge < -0.3 is 10.1 Å². The number of hydrogen-bond donors (Lipinski definition) is 1. The molecule has 80 valence electrons. The number of nitriles is 1. The normalized spacial score (nSPS) is 12.2. The van der Waals surface area contributed by atoms with Gasteiger partial charge in [0.15, 0.2) is 0 Å². The molecule has 0 saturated heterocycles. The van der Waals surface area contributed by atoms with E-state index in [0.29, 0.717) is 25.7 Å². The molecule has 0 aliphatic heterocycles. The number of rotatable bonds is 6. The highest BCUT2D eigenvalue weighted by Crippen LogP contribution is 1.92. The molecule has 0 rings (SSSR count). The Labute approximate surface area is 85.2 Å². The van der Waals surface area contributed by atoms with E-state index in [-0.39, 0.29) is 5.91 Å². The molecule has 1 amide bonds. The SMILES string of the molecule is CC(C)COCCNC(=O)C(C)C#N. The Balaban J connectivity index is 3.37. The second-order valence-electron chi connectivity index (χ2n) is 3.61. The van der Waals surface area contributed by atoms with E-state index in [2.05, 4.69) is 19.2 Å². The highest BCUT2D eigenvalue weighted by Gasteiger charge is 2.09. The topological polar surface area (TPSA) is 62.1 Å². The van der Waals surface area contributed by atoms with Gasteiger partial charge in [-0.15, -0.1) is 0 Å². The van der Waals surface area contributed by atoms with Crippen LogP contribution in [0.5, 0.6) is 0 Å². The molecule has 4 nitrogen and oxygen atoms in total. The van der Waals surface area contributed by atoms with E-state index in [4.69, 9.17) is 10.00 Å². The molecule has 1 atom stereocenters. The molecule has 4 heteroatoms. The maximum Gasteiger partial charge on any atom is 0.237 e. The number of nitrogens with zero attached hydrogens (tertiary/aromatic N) is 1. The first kappa shape index (κ1) is 12.9. The van der Waals surface area contributed by atoms with Crippen LogP contribution in [-0.2, 0) is 9.53 Å². The number of ether oxygens (including phenoxy) is 1. The minimum absolute atomic E-state index is 0.236. The van der Waals surface area contributed by atoms with Crippen molar-refractivity contribution in [2.24, 2.45) is 11.8 Å². The molecule has 0 bridgehead atoms. The van der Waals surface area contributed by atoms with Gasteiger partial charge in [0.25, 0.3) is 0 Å². The van der Waals surface area contributed by atoms with Gasteiger partial charge in [0, 0.05) is 13.2 Å². The first-order chi connectivity index (χ1) is 6.57. The van der Waals surface area contributed by atoms with Crippen LogP contribution in [0.4, 0.5) is 0 Å². The zero-order valence-corrected chi connectivity index (χ0v) is 9.04. The van der Waals surface area contributed by atoms with Crippen molar-refractivity contribution in [2.75, 3.05) is 19.8 Å². The smallest absolute Gasteiger partial charge is 0.237 e. The Kier molecular flexibility index (Phi) is 6.77. The lowest BCUT2D eigenvalue weighted by Crippen LogP contribution is -2.31. The molecule has 0 aliphatic carbocycles.